The van der Waals surface area contributed by atoms with Crippen molar-refractivity contribution in [2.24, 2.45) is 0 Å². The van der Waals surface area contributed by atoms with E-state index in [1.165, 1.54) is 0 Å². The minimum absolute atomic E-state index is 0.00360. The molecule has 0 bridgehead atoms. The minimum atomic E-state index is -0.411. The van der Waals surface area contributed by atoms with E-state index in [0.717, 1.165) is 28.6 Å². The van der Waals surface area contributed by atoms with E-state index < -0.39 is 5.97 Å². The number of allylic oxidation sites excluding steroid dienone is 1. The van der Waals surface area contributed by atoms with Gasteiger partial charge in [-0.25, -0.2) is 0 Å². The van der Waals surface area contributed by atoms with Crippen molar-refractivity contribution in [3.63, 3.8) is 0 Å². The Morgan fingerprint density at radius 1 is 1.20 bits per heavy atom. The fourth-order valence-electron chi connectivity index (χ4n) is 3.09. The number of hydrogen-bond acceptors (Lipinski definition) is 6. The van der Waals surface area contributed by atoms with Crippen molar-refractivity contribution in [2.75, 3.05) is 12.4 Å². The molecule has 1 atom stereocenters. The predicted octanol–water partition coefficient (Wildman–Crippen LogP) is 3.90. The number of nitrogens with one attached hydrogen (secondary N) is 1. The van der Waals surface area contributed by atoms with Gasteiger partial charge in [0.15, 0.2) is 0 Å². The third-order valence-electron chi connectivity index (χ3n) is 4.53. The molecule has 7 heteroatoms. The molecule has 1 heterocycles. The van der Waals surface area contributed by atoms with Gasteiger partial charge >= 0.3 is 5.97 Å². The third-order valence-corrected chi connectivity index (χ3v) is 5.52. The van der Waals surface area contributed by atoms with Crippen LogP contribution in [0.25, 0.3) is 0 Å². The Hall–Kier alpha value is -3.24. The maximum atomic E-state index is 12.2. The van der Waals surface area contributed by atoms with Gasteiger partial charge in [-0.05, 0) is 30.2 Å². The topological polar surface area (TPSA) is 88.4 Å². The van der Waals surface area contributed by atoms with Crippen LogP contribution in [0.1, 0.15) is 30.4 Å². The number of nitrogens with zero attached hydrogens (tertiary/aromatic N) is 1. The molecule has 3 rings (SSSR count). The van der Waals surface area contributed by atoms with Gasteiger partial charge in [-0.2, -0.15) is 5.26 Å². The predicted molar refractivity (Wildman–Crippen MR) is 114 cm³/mol. The first-order valence-electron chi connectivity index (χ1n) is 9.60. The molecular formula is C23H22N2O4S. The molecule has 6 nitrogen and oxygen atoms in total. The summed E-state index contributed by atoms with van der Waals surface area (Å²) in [7, 11) is 0. The summed E-state index contributed by atoms with van der Waals surface area (Å²) in [5, 5.41) is 12.9. The van der Waals surface area contributed by atoms with Gasteiger partial charge in [-0.15, -0.1) is 0 Å². The second kappa shape index (κ2) is 10.5. The van der Waals surface area contributed by atoms with Gasteiger partial charge < -0.3 is 14.8 Å². The minimum Gasteiger partial charge on any atom is -0.494 e. The number of nitriles is 1. The Kier molecular flexibility index (Phi) is 7.52. The quantitative estimate of drug-likeness (QED) is 0.649. The Morgan fingerprint density at radius 3 is 2.60 bits per heavy atom. The van der Waals surface area contributed by atoms with E-state index in [-0.39, 0.29) is 30.6 Å². The average Bonchev–Trinajstić information content (AvgIpc) is 2.77. The van der Waals surface area contributed by atoms with Gasteiger partial charge in [0.05, 0.1) is 29.0 Å². The summed E-state index contributed by atoms with van der Waals surface area (Å²) in [6.45, 7) is 2.66. The van der Waals surface area contributed by atoms with Crippen molar-refractivity contribution in [3.8, 4) is 11.8 Å². The van der Waals surface area contributed by atoms with Crippen LogP contribution in [0.4, 0.5) is 0 Å². The first-order chi connectivity index (χ1) is 14.6. The number of rotatable bonds is 8. The molecular weight excluding hydrogens is 400 g/mol. The summed E-state index contributed by atoms with van der Waals surface area (Å²) in [6.07, 6.45) is 0.180. The van der Waals surface area contributed by atoms with Gasteiger partial charge in [0, 0.05) is 12.3 Å². The summed E-state index contributed by atoms with van der Waals surface area (Å²) in [5.41, 5.74) is 2.20. The molecule has 1 aliphatic rings. The number of hydrogen-bond donors (Lipinski definition) is 1. The first-order valence-corrected chi connectivity index (χ1v) is 10.6. The Bertz CT molecular complexity index is 965. The maximum Gasteiger partial charge on any atom is 0.316 e. The molecule has 2 aromatic carbocycles. The van der Waals surface area contributed by atoms with Gasteiger partial charge in [-0.3, -0.25) is 9.59 Å². The second-order valence-corrected chi connectivity index (χ2v) is 7.58. The molecule has 1 aliphatic heterocycles. The summed E-state index contributed by atoms with van der Waals surface area (Å²) < 4.78 is 10.7. The fraction of sp³-hybridized carbons (Fsp3) is 0.261. The normalized spacial score (nSPS) is 15.9. The number of carbonyl (C=O) groups excluding carboxylic acids is 2. The van der Waals surface area contributed by atoms with Crippen LogP contribution in [-0.2, 0) is 20.9 Å². The SMILES string of the molecule is CCOc1ccc([C@H]2CC(=O)NC(SCC(=O)OCc3ccccc3)=C2C#N)cc1. The van der Waals surface area contributed by atoms with Crippen LogP contribution in [0, 0.1) is 11.3 Å². The molecule has 0 unspecified atom stereocenters. The maximum absolute atomic E-state index is 12.2. The lowest BCUT2D eigenvalue weighted by Gasteiger charge is -2.25. The average molecular weight is 423 g/mol. The number of benzene rings is 2. The summed E-state index contributed by atoms with van der Waals surface area (Å²) in [4.78, 5) is 24.3. The van der Waals surface area contributed by atoms with E-state index >= 15 is 0 Å². The van der Waals surface area contributed by atoms with Crippen LogP contribution in [0.2, 0.25) is 0 Å². The van der Waals surface area contributed by atoms with Crippen LogP contribution < -0.4 is 10.1 Å². The lowest BCUT2D eigenvalue weighted by Crippen LogP contribution is -2.31. The molecule has 1 amide bonds. The standard InChI is InChI=1S/C23H22N2O4S/c1-2-28-18-10-8-17(9-11-18)19-12-21(26)25-23(20(19)13-24)30-15-22(27)29-14-16-6-4-3-5-7-16/h3-11,19H,2,12,14-15H2,1H3,(H,25,26)/t19-/m1/s1. The molecule has 154 valence electrons. The zero-order valence-corrected chi connectivity index (χ0v) is 17.4. The molecule has 0 fully saturated rings. The lowest BCUT2D eigenvalue weighted by atomic mass is 9.87. The van der Waals surface area contributed by atoms with Crippen molar-refractivity contribution in [3.05, 3.63) is 76.3 Å². The summed E-state index contributed by atoms with van der Waals surface area (Å²) in [6, 6.07) is 19.0. The highest BCUT2D eigenvalue weighted by Crippen LogP contribution is 2.36. The van der Waals surface area contributed by atoms with Gasteiger partial charge in [0.25, 0.3) is 0 Å². The van der Waals surface area contributed by atoms with Gasteiger partial charge in [0.1, 0.15) is 12.4 Å². The van der Waals surface area contributed by atoms with Crippen molar-refractivity contribution in [1.82, 2.24) is 5.32 Å². The van der Waals surface area contributed by atoms with Crippen LogP contribution in [-0.4, -0.2) is 24.2 Å². The van der Waals surface area contributed by atoms with E-state index in [4.69, 9.17) is 9.47 Å². The summed E-state index contributed by atoms with van der Waals surface area (Å²) in [5.74, 6) is -0.218. The number of ether oxygens (including phenoxy) is 2. The molecule has 0 saturated heterocycles. The monoisotopic (exact) mass is 422 g/mol. The van der Waals surface area contributed by atoms with Crippen molar-refractivity contribution in [2.45, 2.75) is 25.9 Å². The van der Waals surface area contributed by atoms with Crippen molar-refractivity contribution < 1.29 is 19.1 Å². The van der Waals surface area contributed by atoms with Crippen LogP contribution in [0.5, 0.6) is 5.75 Å². The highest BCUT2D eigenvalue weighted by atomic mass is 32.2. The van der Waals surface area contributed by atoms with E-state index in [0.29, 0.717) is 17.2 Å². The van der Waals surface area contributed by atoms with E-state index in [2.05, 4.69) is 11.4 Å². The van der Waals surface area contributed by atoms with E-state index in [1.807, 2.05) is 61.5 Å². The first kappa shape index (κ1) is 21.5. The second-order valence-electron chi connectivity index (χ2n) is 6.60. The van der Waals surface area contributed by atoms with Crippen molar-refractivity contribution >= 4 is 23.6 Å². The van der Waals surface area contributed by atoms with E-state index in [1.54, 1.807) is 0 Å². The largest absolute Gasteiger partial charge is 0.494 e. The molecule has 0 saturated carbocycles. The smallest absolute Gasteiger partial charge is 0.316 e. The third kappa shape index (κ3) is 5.65. The summed E-state index contributed by atoms with van der Waals surface area (Å²) >= 11 is 1.11. The lowest BCUT2D eigenvalue weighted by molar-refractivity contribution is -0.141. The molecule has 2 aromatic rings. The van der Waals surface area contributed by atoms with E-state index in [9.17, 15) is 14.9 Å². The Labute approximate surface area is 179 Å². The molecule has 30 heavy (non-hydrogen) atoms. The zero-order valence-electron chi connectivity index (χ0n) is 16.6. The number of carbonyl (C=O) groups is 2. The van der Waals surface area contributed by atoms with Crippen molar-refractivity contribution in [1.29, 1.82) is 5.26 Å². The Balaban J connectivity index is 1.67. The highest BCUT2D eigenvalue weighted by molar-refractivity contribution is 8.03. The molecule has 0 aromatic heterocycles. The molecule has 0 radical (unpaired) electrons. The fourth-order valence-corrected chi connectivity index (χ4v) is 3.97. The van der Waals surface area contributed by atoms with Crippen LogP contribution in [0.15, 0.2) is 65.2 Å². The molecule has 0 aliphatic carbocycles. The number of esters is 1. The van der Waals surface area contributed by atoms with Crippen LogP contribution in [0.3, 0.4) is 0 Å². The number of amides is 1. The van der Waals surface area contributed by atoms with Crippen LogP contribution >= 0.6 is 11.8 Å². The zero-order chi connectivity index (χ0) is 21.3. The number of thioether (sulfide) groups is 1. The van der Waals surface area contributed by atoms with Gasteiger partial charge in [0.2, 0.25) is 5.91 Å². The molecule has 0 spiro atoms. The Morgan fingerprint density at radius 2 is 1.93 bits per heavy atom. The van der Waals surface area contributed by atoms with Gasteiger partial charge in [-0.1, -0.05) is 54.2 Å². The highest BCUT2D eigenvalue weighted by Gasteiger charge is 2.30. The molecule has 1 N–H and O–H groups in total.